The fourth-order valence-electron chi connectivity index (χ4n) is 2.03. The molecular formula is C18H15IN2O2. The number of carbonyl (C=O) groups excluding carboxylic acids is 1. The first-order valence-electron chi connectivity index (χ1n) is 6.97. The van der Waals surface area contributed by atoms with Crippen LogP contribution in [0.25, 0.3) is 6.08 Å². The Balaban J connectivity index is 2.17. The zero-order valence-electron chi connectivity index (χ0n) is 12.5. The number of halogens is 1. The fraction of sp³-hybridized carbons (Fsp3) is 0.111. The van der Waals surface area contributed by atoms with Crippen LogP contribution in [-0.2, 0) is 4.79 Å². The van der Waals surface area contributed by atoms with Crippen molar-refractivity contribution in [3.8, 4) is 11.8 Å². The summed E-state index contributed by atoms with van der Waals surface area (Å²) in [6.07, 6.45) is 1.51. The highest BCUT2D eigenvalue weighted by Crippen LogP contribution is 2.21. The lowest BCUT2D eigenvalue weighted by molar-refractivity contribution is -0.117. The molecule has 0 aliphatic heterocycles. The molecule has 0 saturated heterocycles. The molecule has 0 radical (unpaired) electrons. The van der Waals surface area contributed by atoms with Gasteiger partial charge in [0, 0.05) is 0 Å². The zero-order chi connectivity index (χ0) is 16.8. The molecule has 0 heterocycles. The predicted octanol–water partition coefficient (Wildman–Crippen LogP) is 3.78. The number of hydrogen-bond donors (Lipinski definition) is 2. The van der Waals surface area contributed by atoms with Crippen LogP contribution in [0.15, 0.2) is 54.1 Å². The molecule has 2 N–H and O–H groups in total. The summed E-state index contributed by atoms with van der Waals surface area (Å²) in [5.41, 5.74) is 1.68. The molecule has 2 rings (SSSR count). The van der Waals surface area contributed by atoms with Gasteiger partial charge in [0.2, 0.25) is 0 Å². The van der Waals surface area contributed by atoms with Crippen molar-refractivity contribution >= 4 is 34.6 Å². The normalized spacial score (nSPS) is 12.3. The molecule has 0 saturated carbocycles. The number of nitrogens with zero attached hydrogens (tertiary/aromatic N) is 1. The number of phenolic OH excluding ortho intramolecular Hbond substituents is 1. The van der Waals surface area contributed by atoms with Gasteiger partial charge in [0.15, 0.2) is 0 Å². The van der Waals surface area contributed by atoms with Gasteiger partial charge in [-0.1, -0.05) is 36.4 Å². The lowest BCUT2D eigenvalue weighted by Crippen LogP contribution is -2.27. The van der Waals surface area contributed by atoms with Crippen molar-refractivity contribution in [2.24, 2.45) is 0 Å². The molecule has 0 fully saturated rings. The van der Waals surface area contributed by atoms with E-state index in [1.54, 1.807) is 12.1 Å². The van der Waals surface area contributed by atoms with E-state index >= 15 is 0 Å². The van der Waals surface area contributed by atoms with Crippen molar-refractivity contribution < 1.29 is 9.90 Å². The summed E-state index contributed by atoms with van der Waals surface area (Å²) in [5, 5.41) is 21.6. The summed E-state index contributed by atoms with van der Waals surface area (Å²) in [6, 6.07) is 16.2. The van der Waals surface area contributed by atoms with Gasteiger partial charge in [-0.15, -0.1) is 0 Å². The third-order valence-electron chi connectivity index (χ3n) is 3.29. The highest BCUT2D eigenvalue weighted by molar-refractivity contribution is 14.1. The van der Waals surface area contributed by atoms with E-state index in [0.717, 1.165) is 5.56 Å². The number of benzene rings is 2. The average molecular weight is 418 g/mol. The van der Waals surface area contributed by atoms with E-state index < -0.39 is 5.91 Å². The maximum absolute atomic E-state index is 12.3. The molecule has 1 atom stereocenters. The average Bonchev–Trinajstić information content (AvgIpc) is 2.56. The summed E-state index contributed by atoms with van der Waals surface area (Å²) < 4.78 is 0.659. The van der Waals surface area contributed by atoms with Crippen molar-refractivity contribution in [2.75, 3.05) is 0 Å². The Hall–Kier alpha value is -2.33. The van der Waals surface area contributed by atoms with Crippen LogP contribution in [0.4, 0.5) is 0 Å². The Labute approximate surface area is 148 Å². The Bertz CT molecular complexity index is 779. The second kappa shape index (κ2) is 7.79. The molecule has 2 aromatic carbocycles. The SMILES string of the molecule is C[C@@H](NC(=O)/C(C#N)=C\c1ccc(O)c(I)c1)c1ccccc1. The highest BCUT2D eigenvalue weighted by atomic mass is 127. The maximum Gasteiger partial charge on any atom is 0.262 e. The predicted molar refractivity (Wildman–Crippen MR) is 97.4 cm³/mol. The minimum absolute atomic E-state index is 0.0225. The molecular weight excluding hydrogens is 403 g/mol. The molecule has 5 heteroatoms. The smallest absolute Gasteiger partial charge is 0.262 e. The Morgan fingerprint density at radius 3 is 2.61 bits per heavy atom. The van der Waals surface area contributed by atoms with E-state index in [4.69, 9.17) is 0 Å². The van der Waals surface area contributed by atoms with Gasteiger partial charge < -0.3 is 10.4 Å². The van der Waals surface area contributed by atoms with Crippen molar-refractivity contribution in [3.63, 3.8) is 0 Å². The van der Waals surface area contributed by atoms with Gasteiger partial charge in [-0.2, -0.15) is 5.26 Å². The van der Waals surface area contributed by atoms with Crippen LogP contribution in [0.1, 0.15) is 24.1 Å². The molecule has 0 aliphatic carbocycles. The van der Waals surface area contributed by atoms with E-state index in [9.17, 15) is 15.2 Å². The molecule has 1 amide bonds. The van der Waals surface area contributed by atoms with E-state index in [-0.39, 0.29) is 17.4 Å². The minimum Gasteiger partial charge on any atom is -0.507 e. The topological polar surface area (TPSA) is 73.1 Å². The molecule has 0 aromatic heterocycles. The Kier molecular flexibility index (Phi) is 5.77. The minimum atomic E-state index is -0.424. The number of hydrogen-bond acceptors (Lipinski definition) is 3. The Morgan fingerprint density at radius 1 is 1.30 bits per heavy atom. The van der Waals surface area contributed by atoms with E-state index in [0.29, 0.717) is 9.13 Å². The third kappa shape index (κ3) is 4.57. The van der Waals surface area contributed by atoms with E-state index in [2.05, 4.69) is 5.32 Å². The van der Waals surface area contributed by atoms with Gasteiger partial charge >= 0.3 is 0 Å². The summed E-state index contributed by atoms with van der Waals surface area (Å²) in [4.78, 5) is 12.3. The lowest BCUT2D eigenvalue weighted by Gasteiger charge is -2.13. The third-order valence-corrected chi connectivity index (χ3v) is 4.16. The van der Waals surface area contributed by atoms with Gasteiger partial charge in [-0.05, 0) is 58.9 Å². The molecule has 23 heavy (non-hydrogen) atoms. The fourth-order valence-corrected chi connectivity index (χ4v) is 2.57. The number of nitrogens with one attached hydrogen (secondary N) is 1. The van der Waals surface area contributed by atoms with Crippen LogP contribution in [-0.4, -0.2) is 11.0 Å². The van der Waals surface area contributed by atoms with Crippen LogP contribution >= 0.6 is 22.6 Å². The van der Waals surface area contributed by atoms with E-state index in [1.807, 2.05) is 65.9 Å². The lowest BCUT2D eigenvalue weighted by atomic mass is 10.1. The van der Waals surface area contributed by atoms with Crippen molar-refractivity contribution in [1.29, 1.82) is 5.26 Å². The Morgan fingerprint density at radius 2 is 2.00 bits per heavy atom. The van der Waals surface area contributed by atoms with Crippen LogP contribution in [0.3, 0.4) is 0 Å². The first-order valence-corrected chi connectivity index (χ1v) is 8.05. The molecule has 0 spiro atoms. The number of carbonyl (C=O) groups is 1. The van der Waals surface area contributed by atoms with Gasteiger partial charge in [0.05, 0.1) is 9.61 Å². The number of amides is 1. The number of nitriles is 1. The summed E-state index contributed by atoms with van der Waals surface area (Å²) in [6.45, 7) is 1.87. The number of rotatable bonds is 4. The summed E-state index contributed by atoms with van der Waals surface area (Å²) in [7, 11) is 0. The summed E-state index contributed by atoms with van der Waals surface area (Å²) in [5.74, 6) is -0.254. The maximum atomic E-state index is 12.3. The molecule has 2 aromatic rings. The van der Waals surface area contributed by atoms with Crippen molar-refractivity contribution in [1.82, 2.24) is 5.32 Å². The second-order valence-corrected chi connectivity index (χ2v) is 6.15. The quantitative estimate of drug-likeness (QED) is 0.451. The van der Waals surface area contributed by atoms with Crippen molar-refractivity contribution in [3.05, 3.63) is 68.8 Å². The van der Waals surface area contributed by atoms with Gasteiger partial charge in [0.1, 0.15) is 17.4 Å². The van der Waals surface area contributed by atoms with Crippen LogP contribution in [0.2, 0.25) is 0 Å². The first kappa shape index (κ1) is 17.0. The standard InChI is InChI=1S/C18H15IN2O2/c1-12(14-5-3-2-4-6-14)21-18(23)15(11-20)9-13-7-8-17(22)16(19)10-13/h2-10,12,22H,1H3,(H,21,23)/b15-9-/t12-/m1/s1. The first-order chi connectivity index (χ1) is 11.0. The van der Waals surface area contributed by atoms with Gasteiger partial charge in [0.25, 0.3) is 5.91 Å². The number of aromatic hydroxyl groups is 1. The molecule has 0 unspecified atom stereocenters. The molecule has 0 bridgehead atoms. The summed E-state index contributed by atoms with van der Waals surface area (Å²) >= 11 is 1.99. The van der Waals surface area contributed by atoms with Crippen molar-refractivity contribution in [2.45, 2.75) is 13.0 Å². The largest absolute Gasteiger partial charge is 0.507 e. The highest BCUT2D eigenvalue weighted by Gasteiger charge is 2.13. The number of phenols is 1. The molecule has 0 aliphatic rings. The van der Waals surface area contributed by atoms with Crippen LogP contribution in [0.5, 0.6) is 5.75 Å². The van der Waals surface area contributed by atoms with Crippen LogP contribution in [0, 0.1) is 14.9 Å². The van der Waals surface area contributed by atoms with Gasteiger partial charge in [-0.25, -0.2) is 0 Å². The van der Waals surface area contributed by atoms with Crippen LogP contribution < -0.4 is 5.32 Å². The zero-order valence-corrected chi connectivity index (χ0v) is 14.6. The second-order valence-electron chi connectivity index (χ2n) is 4.99. The van der Waals surface area contributed by atoms with Gasteiger partial charge in [-0.3, -0.25) is 4.79 Å². The molecule has 116 valence electrons. The monoisotopic (exact) mass is 418 g/mol. The molecule has 4 nitrogen and oxygen atoms in total. The van der Waals surface area contributed by atoms with E-state index in [1.165, 1.54) is 12.1 Å².